The summed E-state index contributed by atoms with van der Waals surface area (Å²) in [4.78, 5) is 26.7. The van der Waals surface area contributed by atoms with Crippen molar-refractivity contribution in [3.05, 3.63) is 0 Å². The molecule has 0 bridgehead atoms. The van der Waals surface area contributed by atoms with Crippen LogP contribution in [-0.2, 0) is 14.3 Å². The number of rotatable bonds is 3. The molecule has 2 amide bonds. The second-order valence-corrected chi connectivity index (χ2v) is 5.35. The van der Waals surface area contributed by atoms with Crippen molar-refractivity contribution < 1.29 is 24.2 Å². The van der Waals surface area contributed by atoms with E-state index in [1.807, 2.05) is 6.92 Å². The van der Waals surface area contributed by atoms with Crippen molar-refractivity contribution in [2.45, 2.75) is 38.0 Å². The van der Waals surface area contributed by atoms with Crippen LogP contribution >= 0.6 is 0 Å². The zero-order valence-electron chi connectivity index (χ0n) is 11.9. The molecular formula is C13H22N2O5. The highest BCUT2D eigenvalue weighted by Crippen LogP contribution is 2.21. The normalized spacial score (nSPS) is 30.3. The quantitative estimate of drug-likeness (QED) is 0.812. The molecule has 0 aromatic carbocycles. The first-order valence-electron chi connectivity index (χ1n) is 6.95. The number of nitrogens with zero attached hydrogens (tertiary/aromatic N) is 2. The van der Waals surface area contributed by atoms with Gasteiger partial charge in [-0.2, -0.15) is 0 Å². The maximum absolute atomic E-state index is 12.6. The Balaban J connectivity index is 2.03. The highest BCUT2D eigenvalue weighted by atomic mass is 16.5. The Morgan fingerprint density at radius 3 is 2.75 bits per heavy atom. The molecule has 7 heteroatoms. The minimum absolute atomic E-state index is 0.0166. The van der Waals surface area contributed by atoms with Gasteiger partial charge in [-0.15, -0.1) is 0 Å². The Morgan fingerprint density at radius 1 is 1.40 bits per heavy atom. The molecule has 3 unspecified atom stereocenters. The van der Waals surface area contributed by atoms with E-state index in [9.17, 15) is 9.59 Å². The first-order chi connectivity index (χ1) is 9.50. The van der Waals surface area contributed by atoms with Crippen molar-refractivity contribution in [1.29, 1.82) is 0 Å². The van der Waals surface area contributed by atoms with E-state index in [1.54, 1.807) is 16.8 Å². The summed E-state index contributed by atoms with van der Waals surface area (Å²) >= 11 is 0. The Bertz CT molecular complexity index is 376. The molecule has 114 valence electrons. The van der Waals surface area contributed by atoms with E-state index in [-0.39, 0.29) is 31.2 Å². The number of likely N-dealkylation sites (N-methyl/N-ethyl adjacent to an activating group) is 1. The molecule has 0 aromatic rings. The SMILES string of the molecule is CC1OCCC1N(C)C(=O)N1CCOCC1CC(=O)O. The molecule has 0 radical (unpaired) electrons. The van der Waals surface area contributed by atoms with E-state index in [0.717, 1.165) is 6.42 Å². The van der Waals surface area contributed by atoms with E-state index < -0.39 is 12.0 Å². The van der Waals surface area contributed by atoms with E-state index in [1.165, 1.54) is 0 Å². The monoisotopic (exact) mass is 286 g/mol. The van der Waals surface area contributed by atoms with Gasteiger partial charge >= 0.3 is 12.0 Å². The number of hydrogen-bond donors (Lipinski definition) is 1. The van der Waals surface area contributed by atoms with Crippen molar-refractivity contribution in [3.63, 3.8) is 0 Å². The number of carboxylic acid groups (broad SMARTS) is 1. The molecule has 2 fully saturated rings. The van der Waals surface area contributed by atoms with E-state index >= 15 is 0 Å². The first kappa shape index (κ1) is 15.1. The van der Waals surface area contributed by atoms with Gasteiger partial charge in [0, 0.05) is 20.2 Å². The van der Waals surface area contributed by atoms with Crippen molar-refractivity contribution >= 4 is 12.0 Å². The maximum atomic E-state index is 12.6. The zero-order chi connectivity index (χ0) is 14.7. The molecule has 2 rings (SSSR count). The molecule has 3 atom stereocenters. The van der Waals surface area contributed by atoms with Gasteiger partial charge in [0.25, 0.3) is 0 Å². The Labute approximate surface area is 118 Å². The third-order valence-electron chi connectivity index (χ3n) is 4.02. The predicted molar refractivity (Wildman–Crippen MR) is 70.5 cm³/mol. The second-order valence-electron chi connectivity index (χ2n) is 5.35. The average Bonchev–Trinajstić information content (AvgIpc) is 2.83. The van der Waals surface area contributed by atoms with Crippen LogP contribution in [0.2, 0.25) is 0 Å². The summed E-state index contributed by atoms with van der Waals surface area (Å²) in [6, 6.07) is -0.480. The fraction of sp³-hybridized carbons (Fsp3) is 0.846. The number of carbonyl (C=O) groups is 2. The lowest BCUT2D eigenvalue weighted by molar-refractivity contribution is -0.139. The minimum Gasteiger partial charge on any atom is -0.481 e. The van der Waals surface area contributed by atoms with Crippen molar-refractivity contribution in [3.8, 4) is 0 Å². The number of carbonyl (C=O) groups excluding carboxylic acids is 1. The third-order valence-corrected chi connectivity index (χ3v) is 4.02. The number of carboxylic acids is 1. The fourth-order valence-corrected chi connectivity index (χ4v) is 2.85. The van der Waals surface area contributed by atoms with E-state index in [2.05, 4.69) is 0 Å². The predicted octanol–water partition coefficient (Wildman–Crippen LogP) is 0.391. The number of hydrogen-bond acceptors (Lipinski definition) is 4. The molecule has 1 N–H and O–H groups in total. The van der Waals surface area contributed by atoms with Crippen LogP contribution in [0.3, 0.4) is 0 Å². The van der Waals surface area contributed by atoms with Gasteiger partial charge in [0.05, 0.1) is 37.8 Å². The standard InChI is InChI=1S/C13H22N2O5/c1-9-11(3-5-20-9)14(2)13(18)15-4-6-19-8-10(15)7-12(16)17/h9-11H,3-8H2,1-2H3,(H,16,17). The summed E-state index contributed by atoms with van der Waals surface area (Å²) in [5, 5.41) is 8.93. The molecule has 20 heavy (non-hydrogen) atoms. The maximum Gasteiger partial charge on any atom is 0.320 e. The van der Waals surface area contributed by atoms with Gasteiger partial charge in [-0.3, -0.25) is 4.79 Å². The molecule has 0 saturated carbocycles. The number of urea groups is 1. The highest BCUT2D eigenvalue weighted by molar-refractivity contribution is 5.76. The lowest BCUT2D eigenvalue weighted by Gasteiger charge is -2.39. The summed E-state index contributed by atoms with van der Waals surface area (Å²) in [7, 11) is 1.76. The zero-order valence-corrected chi connectivity index (χ0v) is 11.9. The molecule has 0 aromatic heterocycles. The topological polar surface area (TPSA) is 79.3 Å². The van der Waals surface area contributed by atoms with Gasteiger partial charge in [0.1, 0.15) is 0 Å². The fourth-order valence-electron chi connectivity index (χ4n) is 2.85. The molecule has 2 aliphatic heterocycles. The minimum atomic E-state index is -0.918. The summed E-state index contributed by atoms with van der Waals surface area (Å²) in [6.07, 6.45) is 0.746. The van der Waals surface area contributed by atoms with Crippen LogP contribution in [-0.4, -0.2) is 78.5 Å². The van der Waals surface area contributed by atoms with Crippen molar-refractivity contribution in [2.75, 3.05) is 33.4 Å². The van der Waals surface area contributed by atoms with Gasteiger partial charge in [0.15, 0.2) is 0 Å². The second kappa shape index (κ2) is 6.41. The molecular weight excluding hydrogens is 264 g/mol. The van der Waals surface area contributed by atoms with Crippen LogP contribution < -0.4 is 0 Å². The van der Waals surface area contributed by atoms with Crippen LogP contribution in [0, 0.1) is 0 Å². The van der Waals surface area contributed by atoms with Crippen LogP contribution in [0.4, 0.5) is 4.79 Å². The largest absolute Gasteiger partial charge is 0.481 e. The Morgan fingerprint density at radius 2 is 2.15 bits per heavy atom. The molecule has 2 aliphatic rings. The van der Waals surface area contributed by atoms with Crippen molar-refractivity contribution in [1.82, 2.24) is 9.80 Å². The number of aliphatic carboxylic acids is 1. The smallest absolute Gasteiger partial charge is 0.320 e. The molecule has 0 spiro atoms. The van der Waals surface area contributed by atoms with Crippen LogP contribution in [0.15, 0.2) is 0 Å². The van der Waals surface area contributed by atoms with Gasteiger partial charge < -0.3 is 24.4 Å². The van der Waals surface area contributed by atoms with Crippen LogP contribution in [0.5, 0.6) is 0 Å². The van der Waals surface area contributed by atoms with Gasteiger partial charge in [-0.05, 0) is 13.3 Å². The van der Waals surface area contributed by atoms with E-state index in [0.29, 0.717) is 19.8 Å². The van der Waals surface area contributed by atoms with Gasteiger partial charge in [-0.1, -0.05) is 0 Å². The lowest BCUT2D eigenvalue weighted by Crippen LogP contribution is -2.56. The first-order valence-corrected chi connectivity index (χ1v) is 6.95. The average molecular weight is 286 g/mol. The molecule has 2 saturated heterocycles. The number of ether oxygens (including phenoxy) is 2. The Hall–Kier alpha value is -1.34. The summed E-state index contributed by atoms with van der Waals surface area (Å²) in [5.41, 5.74) is 0. The lowest BCUT2D eigenvalue weighted by atomic mass is 10.1. The molecule has 2 heterocycles. The summed E-state index contributed by atoms with van der Waals surface area (Å²) in [5.74, 6) is -0.918. The number of morpholine rings is 1. The summed E-state index contributed by atoms with van der Waals surface area (Å²) in [6.45, 7) is 3.78. The highest BCUT2D eigenvalue weighted by Gasteiger charge is 2.36. The van der Waals surface area contributed by atoms with Crippen LogP contribution in [0.25, 0.3) is 0 Å². The van der Waals surface area contributed by atoms with Crippen LogP contribution in [0.1, 0.15) is 19.8 Å². The summed E-state index contributed by atoms with van der Waals surface area (Å²) < 4.78 is 10.8. The third kappa shape index (κ3) is 3.21. The molecule has 7 nitrogen and oxygen atoms in total. The van der Waals surface area contributed by atoms with Crippen molar-refractivity contribution in [2.24, 2.45) is 0 Å². The van der Waals surface area contributed by atoms with E-state index in [4.69, 9.17) is 14.6 Å². The Kier molecular flexibility index (Phi) is 4.82. The van der Waals surface area contributed by atoms with Gasteiger partial charge in [0.2, 0.25) is 0 Å². The molecule has 0 aliphatic carbocycles. The van der Waals surface area contributed by atoms with Gasteiger partial charge in [-0.25, -0.2) is 4.79 Å². The number of amides is 2.